The Balaban J connectivity index is 1.68. The molecule has 3 aromatic heterocycles. The van der Waals surface area contributed by atoms with Crippen molar-refractivity contribution >= 4 is 38.3 Å². The van der Waals surface area contributed by atoms with Crippen molar-refractivity contribution in [1.82, 2.24) is 24.5 Å². The van der Waals surface area contributed by atoms with Crippen LogP contribution in [0.1, 0.15) is 34.7 Å². The van der Waals surface area contributed by atoms with Crippen LogP contribution in [-0.4, -0.2) is 25.1 Å². The van der Waals surface area contributed by atoms with Gasteiger partial charge >= 0.3 is 0 Å². The summed E-state index contributed by atoms with van der Waals surface area (Å²) < 4.78 is 18.2. The maximum atomic E-state index is 14.7. The molecular weight excluding hydrogens is 501 g/mol. The van der Waals surface area contributed by atoms with E-state index < -0.39 is 17.4 Å². The van der Waals surface area contributed by atoms with Crippen molar-refractivity contribution in [3.63, 3.8) is 0 Å². The van der Waals surface area contributed by atoms with Crippen molar-refractivity contribution in [3.8, 4) is 5.69 Å². The number of para-hydroxylation sites is 1. The fraction of sp³-hybridized carbons (Fsp3) is 0.120. The Morgan fingerprint density at radius 2 is 1.88 bits per heavy atom. The fourth-order valence-corrected chi connectivity index (χ4v) is 5.05. The first-order valence-corrected chi connectivity index (χ1v) is 11.4. The van der Waals surface area contributed by atoms with E-state index in [2.05, 4.69) is 31.3 Å². The molecule has 0 saturated heterocycles. The number of amides is 1. The predicted molar refractivity (Wildman–Crippen MR) is 131 cm³/mol. The van der Waals surface area contributed by atoms with Crippen LogP contribution in [0.2, 0.25) is 0 Å². The minimum absolute atomic E-state index is 0.0248. The lowest BCUT2D eigenvalue weighted by atomic mass is 10.1. The first kappa shape index (κ1) is 22.0. The number of aromatic nitrogens is 4. The molecule has 1 atom stereocenters. The summed E-state index contributed by atoms with van der Waals surface area (Å²) in [7, 11) is 0. The lowest BCUT2D eigenvalue weighted by Crippen LogP contribution is -2.33. The van der Waals surface area contributed by atoms with Crippen molar-refractivity contribution < 1.29 is 9.18 Å². The molecule has 7 nitrogen and oxygen atoms in total. The van der Waals surface area contributed by atoms with Crippen LogP contribution in [-0.2, 0) is 0 Å². The summed E-state index contributed by atoms with van der Waals surface area (Å²) in [5.74, 6) is -0.985. The normalized spacial score (nSPS) is 12.2. The van der Waals surface area contributed by atoms with Crippen LogP contribution in [0, 0.1) is 12.7 Å². The number of hydrogen-bond acceptors (Lipinski definition) is 4. The van der Waals surface area contributed by atoms with Crippen LogP contribution in [0.25, 0.3) is 22.1 Å². The highest BCUT2D eigenvalue weighted by molar-refractivity contribution is 9.10. The first-order valence-electron chi connectivity index (χ1n) is 10.6. The van der Waals surface area contributed by atoms with E-state index in [9.17, 15) is 14.0 Å². The topological polar surface area (TPSA) is 81.3 Å². The van der Waals surface area contributed by atoms with Crippen molar-refractivity contribution in [1.29, 1.82) is 0 Å². The highest BCUT2D eigenvalue weighted by Gasteiger charge is 2.26. The molecule has 1 N–H and O–H groups in total. The van der Waals surface area contributed by atoms with Gasteiger partial charge in [-0.3, -0.25) is 14.2 Å². The van der Waals surface area contributed by atoms with Gasteiger partial charge in [0, 0.05) is 27.9 Å². The summed E-state index contributed by atoms with van der Waals surface area (Å²) in [6.45, 7) is 3.51. The van der Waals surface area contributed by atoms with Crippen LogP contribution in [0.15, 0.2) is 76.3 Å². The number of benzene rings is 2. The van der Waals surface area contributed by atoms with Crippen molar-refractivity contribution in [3.05, 3.63) is 105 Å². The second-order valence-electron chi connectivity index (χ2n) is 7.88. The highest BCUT2D eigenvalue weighted by atomic mass is 79.9. The van der Waals surface area contributed by atoms with Crippen LogP contribution in [0.3, 0.4) is 0 Å². The van der Waals surface area contributed by atoms with Gasteiger partial charge in [0.1, 0.15) is 11.4 Å². The molecule has 1 amide bonds. The molecule has 0 saturated carbocycles. The number of carbonyl (C=O) groups excluding carboxylic acids is 1. The van der Waals surface area contributed by atoms with E-state index >= 15 is 0 Å². The Hall–Kier alpha value is -3.85. The molecule has 0 aliphatic carbocycles. The highest BCUT2D eigenvalue weighted by Crippen LogP contribution is 2.32. The maximum absolute atomic E-state index is 14.7. The number of hydrogen-bond donors (Lipinski definition) is 1. The first-order chi connectivity index (χ1) is 16.4. The van der Waals surface area contributed by atoms with Crippen LogP contribution in [0.5, 0.6) is 0 Å². The van der Waals surface area contributed by atoms with Gasteiger partial charge in [-0.05, 0) is 54.0 Å². The van der Waals surface area contributed by atoms with E-state index in [4.69, 9.17) is 0 Å². The monoisotopic (exact) mass is 519 g/mol. The van der Waals surface area contributed by atoms with Gasteiger partial charge in [0.05, 0.1) is 22.8 Å². The molecule has 3 heterocycles. The summed E-state index contributed by atoms with van der Waals surface area (Å²) in [6, 6.07) is 14.5. The molecule has 5 aromatic rings. The number of nitrogens with zero attached hydrogens (tertiary/aromatic N) is 4. The third kappa shape index (κ3) is 3.49. The quantitative estimate of drug-likeness (QED) is 0.372. The molecule has 0 spiro atoms. The van der Waals surface area contributed by atoms with E-state index in [1.165, 1.54) is 10.6 Å². The Kier molecular flexibility index (Phi) is 5.49. The van der Waals surface area contributed by atoms with E-state index in [-0.39, 0.29) is 11.3 Å². The van der Waals surface area contributed by atoms with Crippen molar-refractivity contribution in [2.75, 3.05) is 0 Å². The Bertz CT molecular complexity index is 1630. The lowest BCUT2D eigenvalue weighted by molar-refractivity contribution is 0.0939. The lowest BCUT2D eigenvalue weighted by Gasteiger charge is -2.23. The number of rotatable bonds is 4. The number of nitrogens with one attached hydrogen (secondary N) is 1. The number of fused-ring (bicyclic) bond motifs is 2. The fourth-order valence-electron chi connectivity index (χ4n) is 4.20. The molecular formula is C25H19BrFN5O2. The second-order valence-corrected chi connectivity index (χ2v) is 8.67. The number of pyridine rings is 1. The van der Waals surface area contributed by atoms with Gasteiger partial charge < -0.3 is 5.32 Å². The van der Waals surface area contributed by atoms with E-state index in [0.29, 0.717) is 38.1 Å². The molecule has 0 aliphatic heterocycles. The Morgan fingerprint density at radius 1 is 1.12 bits per heavy atom. The third-order valence-electron chi connectivity index (χ3n) is 5.70. The standard InChI is InChI=1S/C25H19BrFN5O2/c1-14-19(23-28-12-7-13-31(23)30-14)24(33)29-15(2)22-21(26)17-10-6-11-18(27)20(17)25(34)32(22)16-8-4-3-5-9-16/h3-13,15H,1-2H3,(H,29,33)/t15-/m0/s1. The summed E-state index contributed by atoms with van der Waals surface area (Å²) in [6.07, 6.45) is 3.31. The van der Waals surface area contributed by atoms with Gasteiger partial charge in [0.15, 0.2) is 5.65 Å². The molecule has 0 fully saturated rings. The van der Waals surface area contributed by atoms with Crippen LogP contribution in [0.4, 0.5) is 4.39 Å². The van der Waals surface area contributed by atoms with Crippen molar-refractivity contribution in [2.45, 2.75) is 19.9 Å². The van der Waals surface area contributed by atoms with Gasteiger partial charge in [0.25, 0.3) is 11.5 Å². The van der Waals surface area contributed by atoms with Gasteiger partial charge in [-0.15, -0.1) is 0 Å². The largest absolute Gasteiger partial charge is 0.344 e. The van der Waals surface area contributed by atoms with E-state index in [0.717, 1.165) is 0 Å². The molecule has 9 heteroatoms. The maximum Gasteiger partial charge on any atom is 0.266 e. The molecule has 170 valence electrons. The molecule has 34 heavy (non-hydrogen) atoms. The average Bonchev–Trinajstić information content (AvgIpc) is 3.17. The average molecular weight is 520 g/mol. The number of carbonyl (C=O) groups is 1. The van der Waals surface area contributed by atoms with Gasteiger partial charge in [-0.2, -0.15) is 5.10 Å². The molecule has 0 bridgehead atoms. The SMILES string of the molecule is Cc1nn2cccnc2c1C(=O)N[C@@H](C)c1c(Br)c2cccc(F)c2c(=O)n1-c1ccccc1. The van der Waals surface area contributed by atoms with Gasteiger partial charge in [-0.1, -0.05) is 30.3 Å². The zero-order valence-electron chi connectivity index (χ0n) is 18.3. The van der Waals surface area contributed by atoms with E-state index in [1.807, 2.05) is 6.07 Å². The minimum Gasteiger partial charge on any atom is -0.344 e. The van der Waals surface area contributed by atoms with Gasteiger partial charge in [0.2, 0.25) is 0 Å². The predicted octanol–water partition coefficient (Wildman–Crippen LogP) is 4.73. The van der Waals surface area contributed by atoms with E-state index in [1.54, 1.807) is 73.2 Å². The summed E-state index contributed by atoms with van der Waals surface area (Å²) in [5.41, 5.74) is 1.86. The molecule has 0 aliphatic rings. The Morgan fingerprint density at radius 3 is 2.65 bits per heavy atom. The second kappa shape index (κ2) is 8.49. The minimum atomic E-state index is -0.625. The summed E-state index contributed by atoms with van der Waals surface area (Å²) in [4.78, 5) is 31.1. The van der Waals surface area contributed by atoms with Crippen molar-refractivity contribution in [2.24, 2.45) is 0 Å². The van der Waals surface area contributed by atoms with Crippen LogP contribution >= 0.6 is 15.9 Å². The smallest absolute Gasteiger partial charge is 0.266 e. The Labute approximate surface area is 202 Å². The molecule has 2 aromatic carbocycles. The zero-order valence-corrected chi connectivity index (χ0v) is 19.9. The molecule has 0 unspecified atom stereocenters. The summed E-state index contributed by atoms with van der Waals surface area (Å²) >= 11 is 3.59. The number of aryl methyl sites for hydroxylation is 1. The third-order valence-corrected chi connectivity index (χ3v) is 6.54. The number of halogens is 2. The summed E-state index contributed by atoms with van der Waals surface area (Å²) in [5, 5.41) is 7.73. The molecule has 5 rings (SSSR count). The zero-order chi connectivity index (χ0) is 24.0. The van der Waals surface area contributed by atoms with Crippen LogP contribution < -0.4 is 10.9 Å². The van der Waals surface area contributed by atoms with Gasteiger partial charge in [-0.25, -0.2) is 13.9 Å². The molecule has 0 radical (unpaired) electrons.